The minimum absolute atomic E-state index is 0.160. The SMILES string of the molecule is C[C@H](CCCC(C)(C)O)[C@H]1CCC2/C(=C/C=C3\CC(O)[C@H](CO)[C@H](O)C3)CCC[C@@]21C. The van der Waals surface area contributed by atoms with Crippen LogP contribution in [0.15, 0.2) is 23.3 Å². The van der Waals surface area contributed by atoms with Crippen molar-refractivity contribution >= 4 is 0 Å². The summed E-state index contributed by atoms with van der Waals surface area (Å²) < 4.78 is 0. The van der Waals surface area contributed by atoms with Gasteiger partial charge in [0.1, 0.15) is 0 Å². The van der Waals surface area contributed by atoms with Crippen molar-refractivity contribution in [3.63, 3.8) is 0 Å². The van der Waals surface area contributed by atoms with Gasteiger partial charge in [0.2, 0.25) is 0 Å². The van der Waals surface area contributed by atoms with E-state index in [1.165, 1.54) is 32.1 Å². The Labute approximate surface area is 189 Å². The van der Waals surface area contributed by atoms with Crippen molar-refractivity contribution in [2.24, 2.45) is 29.1 Å². The van der Waals surface area contributed by atoms with E-state index in [-0.39, 0.29) is 6.61 Å². The van der Waals surface area contributed by atoms with E-state index in [1.807, 2.05) is 13.8 Å². The second kappa shape index (κ2) is 10.1. The average molecular weight is 435 g/mol. The molecule has 0 aromatic rings. The molecule has 4 N–H and O–H groups in total. The fraction of sp³-hybridized carbons (Fsp3) is 0.852. The Morgan fingerprint density at radius 2 is 1.81 bits per heavy atom. The Morgan fingerprint density at radius 3 is 2.42 bits per heavy atom. The molecule has 0 spiro atoms. The molecule has 31 heavy (non-hydrogen) atoms. The van der Waals surface area contributed by atoms with Crippen LogP contribution in [0.25, 0.3) is 0 Å². The highest BCUT2D eigenvalue weighted by atomic mass is 16.3. The molecular formula is C27H46O4. The van der Waals surface area contributed by atoms with Crippen LogP contribution in [0.5, 0.6) is 0 Å². The highest BCUT2D eigenvalue weighted by Gasteiger charge is 2.50. The number of fused-ring (bicyclic) bond motifs is 1. The summed E-state index contributed by atoms with van der Waals surface area (Å²) in [7, 11) is 0. The van der Waals surface area contributed by atoms with E-state index in [2.05, 4.69) is 26.0 Å². The van der Waals surface area contributed by atoms with Gasteiger partial charge in [0.25, 0.3) is 0 Å². The quantitative estimate of drug-likeness (QED) is 0.466. The van der Waals surface area contributed by atoms with Crippen molar-refractivity contribution in [1.82, 2.24) is 0 Å². The van der Waals surface area contributed by atoms with Gasteiger partial charge in [0, 0.05) is 5.92 Å². The Morgan fingerprint density at radius 1 is 1.13 bits per heavy atom. The second-order valence-corrected chi connectivity index (χ2v) is 11.7. The first-order valence-electron chi connectivity index (χ1n) is 12.6. The standard InChI is InChI=1S/C27H46O4/c1-18(7-5-13-26(2,3)31)22-11-12-23-20(8-6-14-27(22,23)4)10-9-19-15-24(29)21(17-28)25(30)16-19/h9-10,18,21-25,28-31H,5-8,11-17H2,1-4H3/b19-9-,20-10+/t18-,21-,22-,23?,24-,25?,27-/m1/s1. The predicted molar refractivity (Wildman–Crippen MR) is 125 cm³/mol. The smallest absolute Gasteiger partial charge is 0.0652 e. The summed E-state index contributed by atoms with van der Waals surface area (Å²) in [5.74, 6) is 1.66. The molecule has 4 nitrogen and oxygen atoms in total. The fourth-order valence-electron chi connectivity index (χ4n) is 7.06. The fourth-order valence-corrected chi connectivity index (χ4v) is 7.06. The molecule has 3 rings (SSSR count). The van der Waals surface area contributed by atoms with Crippen LogP contribution in [0.1, 0.15) is 91.9 Å². The van der Waals surface area contributed by atoms with E-state index in [0.717, 1.165) is 30.8 Å². The van der Waals surface area contributed by atoms with Gasteiger partial charge in [-0.05, 0) is 88.4 Å². The molecule has 0 saturated heterocycles. The summed E-state index contributed by atoms with van der Waals surface area (Å²) in [6.07, 6.45) is 13.7. The topological polar surface area (TPSA) is 80.9 Å². The van der Waals surface area contributed by atoms with E-state index in [9.17, 15) is 20.4 Å². The normalized spacial score (nSPS) is 40.3. The molecular weight excluding hydrogens is 388 g/mol. The maximum Gasteiger partial charge on any atom is 0.0652 e. The summed E-state index contributed by atoms with van der Waals surface area (Å²) >= 11 is 0. The minimum atomic E-state index is -0.657. The van der Waals surface area contributed by atoms with E-state index < -0.39 is 23.7 Å². The largest absolute Gasteiger partial charge is 0.396 e. The van der Waals surface area contributed by atoms with Crippen molar-refractivity contribution in [1.29, 1.82) is 0 Å². The molecule has 0 aromatic heterocycles. The number of allylic oxidation sites excluding steroid dienone is 3. The van der Waals surface area contributed by atoms with E-state index >= 15 is 0 Å². The van der Waals surface area contributed by atoms with E-state index in [0.29, 0.717) is 30.1 Å². The van der Waals surface area contributed by atoms with Crippen LogP contribution in [0, 0.1) is 29.1 Å². The monoisotopic (exact) mass is 434 g/mol. The Kier molecular flexibility index (Phi) is 8.11. The molecule has 4 heteroatoms. The van der Waals surface area contributed by atoms with Gasteiger partial charge in [0.15, 0.2) is 0 Å². The third-order valence-corrected chi connectivity index (χ3v) is 8.85. The van der Waals surface area contributed by atoms with E-state index in [1.54, 1.807) is 5.57 Å². The summed E-state index contributed by atoms with van der Waals surface area (Å²) in [6, 6.07) is 0. The number of aliphatic hydroxyl groups excluding tert-OH is 3. The Bertz CT molecular complexity index is 647. The molecule has 2 unspecified atom stereocenters. The van der Waals surface area contributed by atoms with Gasteiger partial charge >= 0.3 is 0 Å². The van der Waals surface area contributed by atoms with Gasteiger partial charge in [-0.2, -0.15) is 0 Å². The Hall–Kier alpha value is -0.680. The second-order valence-electron chi connectivity index (χ2n) is 11.7. The van der Waals surface area contributed by atoms with Crippen LogP contribution in [-0.4, -0.2) is 44.8 Å². The maximum atomic E-state index is 10.3. The third kappa shape index (κ3) is 5.82. The minimum Gasteiger partial charge on any atom is -0.396 e. The molecule has 0 radical (unpaired) electrons. The summed E-state index contributed by atoms with van der Waals surface area (Å²) in [4.78, 5) is 0. The Balaban J connectivity index is 1.66. The molecule has 0 aliphatic heterocycles. The zero-order valence-corrected chi connectivity index (χ0v) is 20.2. The summed E-state index contributed by atoms with van der Waals surface area (Å²) in [5.41, 5.74) is 2.46. The molecule has 3 fully saturated rings. The van der Waals surface area contributed by atoms with Crippen LogP contribution >= 0.6 is 0 Å². The lowest BCUT2D eigenvalue weighted by Gasteiger charge is -2.44. The van der Waals surface area contributed by atoms with E-state index in [4.69, 9.17) is 0 Å². The summed E-state index contributed by atoms with van der Waals surface area (Å²) in [6.45, 7) is 8.59. The number of hydrogen-bond acceptors (Lipinski definition) is 4. The van der Waals surface area contributed by atoms with Gasteiger partial charge in [0.05, 0.1) is 24.4 Å². The predicted octanol–water partition coefficient (Wildman–Crippen LogP) is 4.76. The van der Waals surface area contributed by atoms with Crippen molar-refractivity contribution in [2.45, 2.75) is 110 Å². The molecule has 0 heterocycles. The zero-order valence-electron chi connectivity index (χ0n) is 20.2. The molecule has 0 aromatic carbocycles. The molecule has 3 aliphatic rings. The number of hydrogen-bond donors (Lipinski definition) is 4. The van der Waals surface area contributed by atoms with Crippen LogP contribution in [0.3, 0.4) is 0 Å². The van der Waals surface area contributed by atoms with Gasteiger partial charge < -0.3 is 20.4 Å². The van der Waals surface area contributed by atoms with Gasteiger partial charge in [-0.25, -0.2) is 0 Å². The zero-order chi connectivity index (χ0) is 22.8. The number of aliphatic hydroxyl groups is 4. The molecule has 0 bridgehead atoms. The lowest BCUT2D eigenvalue weighted by molar-refractivity contribution is -0.0312. The molecule has 7 atom stereocenters. The lowest BCUT2D eigenvalue weighted by atomic mass is 9.60. The van der Waals surface area contributed by atoms with Crippen molar-refractivity contribution < 1.29 is 20.4 Å². The van der Waals surface area contributed by atoms with Crippen molar-refractivity contribution in [3.05, 3.63) is 23.3 Å². The lowest BCUT2D eigenvalue weighted by Crippen LogP contribution is -2.39. The summed E-state index contributed by atoms with van der Waals surface area (Å²) in [5, 5.41) is 39.9. The molecule has 3 saturated carbocycles. The molecule has 3 aliphatic carbocycles. The first-order valence-corrected chi connectivity index (χ1v) is 12.6. The van der Waals surface area contributed by atoms with Gasteiger partial charge in [-0.1, -0.05) is 50.0 Å². The first-order chi connectivity index (χ1) is 14.5. The highest BCUT2D eigenvalue weighted by Crippen LogP contribution is 2.60. The third-order valence-electron chi connectivity index (χ3n) is 8.85. The average Bonchev–Trinajstić information content (AvgIpc) is 3.02. The maximum absolute atomic E-state index is 10.3. The van der Waals surface area contributed by atoms with Crippen LogP contribution in [-0.2, 0) is 0 Å². The molecule has 178 valence electrons. The van der Waals surface area contributed by atoms with Crippen molar-refractivity contribution in [3.8, 4) is 0 Å². The van der Waals surface area contributed by atoms with Gasteiger partial charge in [-0.3, -0.25) is 0 Å². The van der Waals surface area contributed by atoms with Crippen LogP contribution in [0.2, 0.25) is 0 Å². The molecule has 0 amide bonds. The van der Waals surface area contributed by atoms with Gasteiger partial charge in [-0.15, -0.1) is 0 Å². The van der Waals surface area contributed by atoms with Crippen LogP contribution < -0.4 is 0 Å². The first kappa shape index (κ1) is 25.0. The highest BCUT2D eigenvalue weighted by molar-refractivity contribution is 5.26. The van der Waals surface area contributed by atoms with Crippen LogP contribution in [0.4, 0.5) is 0 Å². The number of rotatable bonds is 7. The van der Waals surface area contributed by atoms with Crippen molar-refractivity contribution in [2.75, 3.05) is 6.61 Å².